The zero-order valence-electron chi connectivity index (χ0n) is 33.8. The van der Waals surface area contributed by atoms with Gasteiger partial charge in [0.15, 0.2) is 0 Å². The van der Waals surface area contributed by atoms with Crippen LogP contribution in [0.15, 0.2) is 97.1 Å². The minimum Gasteiger partial charge on any atom is -0.406 e. The van der Waals surface area contributed by atoms with Crippen LogP contribution >= 0.6 is 0 Å². The molecule has 2 aliphatic heterocycles. The van der Waals surface area contributed by atoms with Crippen LogP contribution in [0.4, 0.5) is 47.3 Å². The summed E-state index contributed by atoms with van der Waals surface area (Å²) in [5.74, 6) is -0.257. The van der Waals surface area contributed by atoms with E-state index in [1.807, 2.05) is 0 Å². The molecule has 0 unspecified atom stereocenters. The molecule has 0 bridgehead atoms. The summed E-state index contributed by atoms with van der Waals surface area (Å²) in [6.45, 7) is 26.1. The van der Waals surface area contributed by atoms with Crippen molar-refractivity contribution in [1.29, 1.82) is 0 Å². The number of fused-ring (bicyclic) bond motifs is 4. The van der Waals surface area contributed by atoms with E-state index in [0.717, 1.165) is 39.1 Å². The highest BCUT2D eigenvalue weighted by atomic mass is 19.4. The Kier molecular flexibility index (Phi) is 8.68. The number of hydrogen-bond acceptors (Lipinski definition) is 3. The van der Waals surface area contributed by atoms with Crippen LogP contribution in [0.3, 0.4) is 0 Å². The monoisotopic (exact) mass is 728 g/mol. The Morgan fingerprint density at radius 3 is 1.07 bits per heavy atom. The lowest BCUT2D eigenvalue weighted by Crippen LogP contribution is -2.61. The molecular formula is C47H52BF3N2O. The molecule has 0 spiro atoms. The molecule has 2 aliphatic rings. The van der Waals surface area contributed by atoms with Crippen LogP contribution in [-0.2, 0) is 21.7 Å². The molecule has 280 valence electrons. The SMILES string of the molecule is CC(C)(C)c1ccc(N2c3ccc(C(C)(C)C)cc3B3c4cc(C(C)(C)C)ccc4N(c4ccc(C(C)(C)C)cc4)c4cc(OC(F)(F)F)cc2c43)cc1. The van der Waals surface area contributed by atoms with Crippen LogP contribution in [0, 0.1) is 0 Å². The number of alkyl halides is 3. The van der Waals surface area contributed by atoms with Crippen LogP contribution in [0.2, 0.25) is 0 Å². The van der Waals surface area contributed by atoms with Gasteiger partial charge in [0.2, 0.25) is 0 Å². The first-order chi connectivity index (χ1) is 24.9. The third-order valence-electron chi connectivity index (χ3n) is 11.0. The molecule has 7 heteroatoms. The Morgan fingerprint density at radius 2 is 0.759 bits per heavy atom. The third kappa shape index (κ3) is 6.80. The quantitative estimate of drug-likeness (QED) is 0.169. The van der Waals surface area contributed by atoms with E-state index in [1.165, 1.54) is 22.3 Å². The van der Waals surface area contributed by atoms with Crippen molar-refractivity contribution < 1.29 is 17.9 Å². The molecule has 5 aromatic rings. The second kappa shape index (κ2) is 12.4. The van der Waals surface area contributed by atoms with Gasteiger partial charge in [-0.2, -0.15) is 0 Å². The van der Waals surface area contributed by atoms with Crippen LogP contribution in [0.25, 0.3) is 0 Å². The van der Waals surface area contributed by atoms with Crippen molar-refractivity contribution in [1.82, 2.24) is 0 Å². The zero-order valence-corrected chi connectivity index (χ0v) is 33.8. The van der Waals surface area contributed by atoms with Crippen LogP contribution in [0.5, 0.6) is 5.75 Å². The summed E-state index contributed by atoms with van der Waals surface area (Å²) >= 11 is 0. The molecule has 3 nitrogen and oxygen atoms in total. The van der Waals surface area contributed by atoms with Gasteiger partial charge in [-0.3, -0.25) is 0 Å². The maximum absolute atomic E-state index is 14.2. The molecule has 5 aromatic carbocycles. The smallest absolute Gasteiger partial charge is 0.406 e. The number of anilines is 6. The maximum atomic E-state index is 14.2. The summed E-state index contributed by atoms with van der Waals surface area (Å²) < 4.78 is 47.4. The van der Waals surface area contributed by atoms with Gasteiger partial charge >= 0.3 is 6.36 Å². The number of rotatable bonds is 3. The summed E-state index contributed by atoms with van der Waals surface area (Å²) in [5, 5.41) is 0. The van der Waals surface area contributed by atoms with E-state index in [2.05, 4.69) is 178 Å². The van der Waals surface area contributed by atoms with E-state index < -0.39 is 6.36 Å². The Morgan fingerprint density at radius 1 is 0.426 bits per heavy atom. The van der Waals surface area contributed by atoms with Gasteiger partial charge < -0.3 is 14.5 Å². The van der Waals surface area contributed by atoms with Gasteiger partial charge in [-0.15, -0.1) is 13.2 Å². The maximum Gasteiger partial charge on any atom is 0.573 e. The third-order valence-corrected chi connectivity index (χ3v) is 11.0. The Labute approximate surface area is 320 Å². The molecule has 0 fully saturated rings. The van der Waals surface area contributed by atoms with Gasteiger partial charge in [0, 0.05) is 46.3 Å². The number of benzene rings is 5. The second-order valence-electron chi connectivity index (χ2n) is 19.2. The van der Waals surface area contributed by atoms with Crippen molar-refractivity contribution in [2.45, 2.75) is 111 Å². The summed E-state index contributed by atoms with van der Waals surface area (Å²) in [4.78, 5) is 4.26. The Balaban J connectivity index is 1.60. The lowest BCUT2D eigenvalue weighted by Gasteiger charge is -2.45. The molecule has 54 heavy (non-hydrogen) atoms. The van der Waals surface area contributed by atoms with E-state index >= 15 is 0 Å². The lowest BCUT2D eigenvalue weighted by molar-refractivity contribution is -0.274. The predicted molar refractivity (Wildman–Crippen MR) is 222 cm³/mol. The van der Waals surface area contributed by atoms with Crippen LogP contribution in [-0.4, -0.2) is 13.1 Å². The molecule has 0 N–H and O–H groups in total. The summed E-state index contributed by atoms with van der Waals surface area (Å²) in [6.07, 6.45) is -4.87. The van der Waals surface area contributed by atoms with E-state index in [0.29, 0.717) is 11.4 Å². The molecule has 0 aliphatic carbocycles. The molecule has 7 rings (SSSR count). The zero-order chi connectivity index (χ0) is 39.3. The minimum atomic E-state index is -4.87. The van der Waals surface area contributed by atoms with Gasteiger partial charge in [-0.05, 0) is 96.7 Å². The Hall–Kier alpha value is -4.65. The first kappa shape index (κ1) is 37.7. The summed E-state index contributed by atoms with van der Waals surface area (Å²) in [5.41, 5.74) is 12.5. The number of nitrogens with zero attached hydrogens (tertiary/aromatic N) is 2. The van der Waals surface area contributed by atoms with E-state index in [1.54, 1.807) is 12.1 Å². The highest BCUT2D eigenvalue weighted by molar-refractivity contribution is 7.00. The predicted octanol–water partition coefficient (Wildman–Crippen LogP) is 11.9. The van der Waals surface area contributed by atoms with Crippen LogP contribution in [0.1, 0.15) is 105 Å². The average molecular weight is 729 g/mol. The van der Waals surface area contributed by atoms with Gasteiger partial charge in [-0.1, -0.05) is 132 Å². The van der Waals surface area contributed by atoms with E-state index in [9.17, 15) is 13.2 Å². The number of ether oxygens (including phenoxy) is 1. The fraction of sp³-hybridized carbons (Fsp3) is 0.362. The van der Waals surface area contributed by atoms with Crippen molar-refractivity contribution in [3.63, 3.8) is 0 Å². The number of halogens is 3. The fourth-order valence-corrected chi connectivity index (χ4v) is 7.88. The van der Waals surface area contributed by atoms with Crippen molar-refractivity contribution >= 4 is 57.2 Å². The molecule has 0 radical (unpaired) electrons. The minimum absolute atomic E-state index is 0.0673. The summed E-state index contributed by atoms with van der Waals surface area (Å²) in [6, 6.07) is 33.3. The average Bonchev–Trinajstić information content (AvgIpc) is 3.05. The molecule has 0 atom stereocenters. The van der Waals surface area contributed by atoms with E-state index in [-0.39, 0.29) is 34.1 Å². The normalized spacial score (nSPS) is 14.5. The molecule has 0 saturated heterocycles. The highest BCUT2D eigenvalue weighted by Gasteiger charge is 2.45. The van der Waals surface area contributed by atoms with Gasteiger partial charge in [0.1, 0.15) is 5.75 Å². The van der Waals surface area contributed by atoms with Gasteiger partial charge in [-0.25, -0.2) is 0 Å². The van der Waals surface area contributed by atoms with E-state index in [4.69, 9.17) is 4.74 Å². The van der Waals surface area contributed by atoms with Gasteiger partial charge in [0.25, 0.3) is 6.71 Å². The molecule has 2 heterocycles. The highest BCUT2D eigenvalue weighted by Crippen LogP contribution is 2.47. The van der Waals surface area contributed by atoms with Crippen molar-refractivity contribution in [3.8, 4) is 5.75 Å². The molecule has 0 amide bonds. The summed E-state index contributed by atoms with van der Waals surface area (Å²) in [7, 11) is 0. The first-order valence-electron chi connectivity index (χ1n) is 19.0. The van der Waals surface area contributed by atoms with Crippen molar-refractivity contribution in [2.24, 2.45) is 0 Å². The largest absolute Gasteiger partial charge is 0.573 e. The van der Waals surface area contributed by atoms with Crippen molar-refractivity contribution in [2.75, 3.05) is 9.80 Å². The van der Waals surface area contributed by atoms with Crippen LogP contribution < -0.4 is 30.9 Å². The standard InChI is InChI=1S/C47H52BF3N2O/c1-43(2,3)29-13-19-33(20-14-29)52-38-23-17-31(45(7,8)9)25-36(38)48-37-26-32(46(10,11)12)18-24-39(37)53(34-21-15-30(16-22-34)44(4,5)6)41-28-35(54-47(49,50)51)27-40(52)42(41)48/h13-28H,1-12H3. The topological polar surface area (TPSA) is 15.7 Å². The molecule has 0 aromatic heterocycles. The lowest BCUT2D eigenvalue weighted by atomic mass is 9.33. The Bertz CT molecular complexity index is 2080. The fourth-order valence-electron chi connectivity index (χ4n) is 7.88. The molecule has 0 saturated carbocycles. The number of hydrogen-bond donors (Lipinski definition) is 0. The first-order valence-corrected chi connectivity index (χ1v) is 19.0. The van der Waals surface area contributed by atoms with Crippen molar-refractivity contribution in [3.05, 3.63) is 119 Å². The molecular weight excluding hydrogens is 676 g/mol. The van der Waals surface area contributed by atoms with Gasteiger partial charge in [0.05, 0.1) is 0 Å². The second-order valence-corrected chi connectivity index (χ2v) is 19.2.